The first kappa shape index (κ1) is 22.6. The van der Waals surface area contributed by atoms with Crippen molar-refractivity contribution in [2.24, 2.45) is 0 Å². The van der Waals surface area contributed by atoms with Crippen molar-refractivity contribution >= 4 is 38.9 Å². The average Bonchev–Trinajstić information content (AvgIpc) is 3.14. The number of amides is 2. The van der Waals surface area contributed by atoms with E-state index >= 15 is 0 Å². The fourth-order valence-electron chi connectivity index (χ4n) is 3.31. The minimum absolute atomic E-state index is 0.0910. The van der Waals surface area contributed by atoms with Gasteiger partial charge in [0.1, 0.15) is 5.75 Å². The van der Waals surface area contributed by atoms with Crippen LogP contribution in [0.15, 0.2) is 42.5 Å². The van der Waals surface area contributed by atoms with Crippen molar-refractivity contribution in [2.75, 3.05) is 34.4 Å². The molecule has 1 saturated heterocycles. The van der Waals surface area contributed by atoms with Crippen LogP contribution in [0.1, 0.15) is 25.3 Å². The van der Waals surface area contributed by atoms with Crippen LogP contribution in [0.25, 0.3) is 0 Å². The van der Waals surface area contributed by atoms with Gasteiger partial charge < -0.3 is 15.0 Å². The Kier molecular flexibility index (Phi) is 6.54. The van der Waals surface area contributed by atoms with Crippen molar-refractivity contribution in [2.45, 2.75) is 32.8 Å². The summed E-state index contributed by atoms with van der Waals surface area (Å²) in [5.41, 5.74) is 2.86. The van der Waals surface area contributed by atoms with Crippen molar-refractivity contribution in [3.8, 4) is 5.75 Å². The first-order chi connectivity index (χ1) is 14.6. The number of carbonyl (C=O) groups excluding carboxylic acids is 2. The van der Waals surface area contributed by atoms with Gasteiger partial charge in [0, 0.05) is 31.4 Å². The molecule has 1 heterocycles. The second kappa shape index (κ2) is 8.97. The summed E-state index contributed by atoms with van der Waals surface area (Å²) >= 11 is 0. The molecule has 2 amide bonds. The fraction of sp³-hybridized carbons (Fsp3) is 0.364. The van der Waals surface area contributed by atoms with Gasteiger partial charge in [0.25, 0.3) is 5.91 Å². The number of aryl methyl sites for hydroxylation is 1. The molecule has 9 heteroatoms. The second-order valence-electron chi connectivity index (χ2n) is 7.62. The smallest absolute Gasteiger partial charge is 0.265 e. The van der Waals surface area contributed by atoms with Crippen molar-refractivity contribution in [3.63, 3.8) is 0 Å². The van der Waals surface area contributed by atoms with Gasteiger partial charge in [-0.3, -0.25) is 13.9 Å². The van der Waals surface area contributed by atoms with E-state index in [4.69, 9.17) is 4.74 Å². The summed E-state index contributed by atoms with van der Waals surface area (Å²) in [4.78, 5) is 26.4. The molecule has 0 aliphatic carbocycles. The monoisotopic (exact) mass is 445 g/mol. The highest BCUT2D eigenvalue weighted by atomic mass is 32.2. The van der Waals surface area contributed by atoms with Crippen LogP contribution < -0.4 is 19.3 Å². The first-order valence-corrected chi connectivity index (χ1v) is 11.8. The molecule has 1 aliphatic heterocycles. The van der Waals surface area contributed by atoms with E-state index in [1.165, 1.54) is 7.05 Å². The molecule has 1 atom stereocenters. The van der Waals surface area contributed by atoms with Crippen LogP contribution in [0, 0.1) is 6.92 Å². The maximum absolute atomic E-state index is 12.6. The second-order valence-corrected chi connectivity index (χ2v) is 9.64. The first-order valence-electron chi connectivity index (χ1n) is 9.99. The molecule has 0 radical (unpaired) electrons. The molecule has 166 valence electrons. The highest BCUT2D eigenvalue weighted by molar-refractivity contribution is 7.92. The van der Waals surface area contributed by atoms with Crippen LogP contribution in [0.5, 0.6) is 5.75 Å². The Morgan fingerprint density at radius 2 is 1.87 bits per heavy atom. The summed E-state index contributed by atoms with van der Waals surface area (Å²) in [7, 11) is -1.89. The number of nitrogens with one attached hydrogen (secondary N) is 1. The number of hydrogen-bond acceptors (Lipinski definition) is 5. The van der Waals surface area contributed by atoms with Crippen molar-refractivity contribution in [1.29, 1.82) is 0 Å². The SMILES string of the molecule is Cc1ccc(NC(=O)[C@H](C)Oc2ccc(N(C)S(C)(=O)=O)cc2)cc1N1CCCC1=O. The Labute approximate surface area is 182 Å². The molecule has 1 aliphatic rings. The Balaban J connectivity index is 1.65. The lowest BCUT2D eigenvalue weighted by Crippen LogP contribution is -2.30. The fourth-order valence-corrected chi connectivity index (χ4v) is 3.81. The van der Waals surface area contributed by atoms with E-state index in [1.54, 1.807) is 48.2 Å². The van der Waals surface area contributed by atoms with Crippen molar-refractivity contribution in [1.82, 2.24) is 0 Å². The average molecular weight is 446 g/mol. The summed E-state index contributed by atoms with van der Waals surface area (Å²) in [5, 5.41) is 2.83. The molecule has 2 aromatic rings. The summed E-state index contributed by atoms with van der Waals surface area (Å²) in [6.45, 7) is 4.25. The third-order valence-electron chi connectivity index (χ3n) is 5.22. The predicted molar refractivity (Wildman–Crippen MR) is 121 cm³/mol. The van der Waals surface area contributed by atoms with E-state index in [1.807, 2.05) is 13.0 Å². The number of hydrogen-bond donors (Lipinski definition) is 1. The zero-order valence-corrected chi connectivity index (χ0v) is 18.9. The molecule has 1 N–H and O–H groups in total. The van der Waals surface area contributed by atoms with Crippen LogP contribution in [-0.4, -0.2) is 46.2 Å². The van der Waals surface area contributed by atoms with Crippen LogP contribution in [0.4, 0.5) is 17.1 Å². The highest BCUT2D eigenvalue weighted by Gasteiger charge is 2.24. The Morgan fingerprint density at radius 1 is 1.19 bits per heavy atom. The standard InChI is InChI=1S/C22H27N3O5S/c1-15-7-8-17(14-20(15)25-13-5-6-21(25)26)23-22(27)16(2)30-19-11-9-18(10-12-19)24(3)31(4,28)29/h7-12,14,16H,5-6,13H2,1-4H3,(H,23,27)/t16-/m0/s1. The largest absolute Gasteiger partial charge is 0.481 e. The minimum Gasteiger partial charge on any atom is -0.481 e. The van der Waals surface area contributed by atoms with Gasteiger partial charge in [-0.1, -0.05) is 6.07 Å². The van der Waals surface area contributed by atoms with E-state index in [0.29, 0.717) is 30.1 Å². The van der Waals surface area contributed by atoms with Gasteiger partial charge in [0.2, 0.25) is 15.9 Å². The van der Waals surface area contributed by atoms with Gasteiger partial charge in [-0.2, -0.15) is 0 Å². The minimum atomic E-state index is -3.35. The zero-order valence-electron chi connectivity index (χ0n) is 18.1. The molecular weight excluding hydrogens is 418 g/mol. The predicted octanol–water partition coefficient (Wildman–Crippen LogP) is 2.92. The lowest BCUT2D eigenvalue weighted by Gasteiger charge is -2.20. The van der Waals surface area contributed by atoms with E-state index < -0.39 is 16.1 Å². The maximum Gasteiger partial charge on any atom is 0.265 e. The Hall–Kier alpha value is -3.07. The number of rotatable bonds is 7. The zero-order chi connectivity index (χ0) is 22.8. The molecule has 0 aromatic heterocycles. The van der Waals surface area contributed by atoms with E-state index in [0.717, 1.165) is 28.2 Å². The molecule has 31 heavy (non-hydrogen) atoms. The van der Waals surface area contributed by atoms with Gasteiger partial charge in [0.05, 0.1) is 11.9 Å². The summed E-state index contributed by atoms with van der Waals surface area (Å²) in [6, 6.07) is 11.9. The topological polar surface area (TPSA) is 96.0 Å². The molecule has 0 unspecified atom stereocenters. The van der Waals surface area contributed by atoms with E-state index in [2.05, 4.69) is 5.32 Å². The van der Waals surface area contributed by atoms with Crippen molar-refractivity contribution in [3.05, 3.63) is 48.0 Å². The molecule has 0 saturated carbocycles. The lowest BCUT2D eigenvalue weighted by molar-refractivity contribution is -0.122. The van der Waals surface area contributed by atoms with Gasteiger partial charge >= 0.3 is 0 Å². The van der Waals surface area contributed by atoms with E-state index in [-0.39, 0.29) is 11.8 Å². The molecule has 8 nitrogen and oxygen atoms in total. The summed E-state index contributed by atoms with van der Waals surface area (Å²) in [6.07, 6.45) is 1.72. The molecule has 3 rings (SSSR count). The number of benzene rings is 2. The molecule has 2 aromatic carbocycles. The normalized spacial score (nSPS) is 15.0. The molecule has 0 bridgehead atoms. The number of anilines is 3. The molecule has 0 spiro atoms. The molecule has 1 fully saturated rings. The Bertz CT molecular complexity index is 1080. The van der Waals surface area contributed by atoms with Gasteiger partial charge in [0.15, 0.2) is 6.10 Å². The highest BCUT2D eigenvalue weighted by Crippen LogP contribution is 2.28. The van der Waals surface area contributed by atoms with Gasteiger partial charge in [-0.15, -0.1) is 0 Å². The number of ether oxygens (including phenoxy) is 1. The van der Waals surface area contributed by atoms with Crippen LogP contribution >= 0.6 is 0 Å². The number of nitrogens with zero attached hydrogens (tertiary/aromatic N) is 2. The molecular formula is C22H27N3O5S. The van der Waals surface area contributed by atoms with Crippen molar-refractivity contribution < 1.29 is 22.7 Å². The van der Waals surface area contributed by atoms with Gasteiger partial charge in [-0.05, 0) is 62.2 Å². The number of sulfonamides is 1. The van der Waals surface area contributed by atoms with Crippen LogP contribution in [0.2, 0.25) is 0 Å². The van der Waals surface area contributed by atoms with E-state index in [9.17, 15) is 18.0 Å². The van der Waals surface area contributed by atoms with Crippen LogP contribution in [-0.2, 0) is 19.6 Å². The van der Waals surface area contributed by atoms with Crippen LogP contribution in [0.3, 0.4) is 0 Å². The Morgan fingerprint density at radius 3 is 2.45 bits per heavy atom. The number of carbonyl (C=O) groups is 2. The lowest BCUT2D eigenvalue weighted by atomic mass is 10.1. The third-order valence-corrected chi connectivity index (χ3v) is 6.43. The quantitative estimate of drug-likeness (QED) is 0.707. The maximum atomic E-state index is 12.6. The van der Waals surface area contributed by atoms with Gasteiger partial charge in [-0.25, -0.2) is 8.42 Å². The summed E-state index contributed by atoms with van der Waals surface area (Å²) < 4.78 is 30.1. The third kappa shape index (κ3) is 5.35. The summed E-state index contributed by atoms with van der Waals surface area (Å²) in [5.74, 6) is 0.202.